The Bertz CT molecular complexity index is 1160. The first-order valence-corrected chi connectivity index (χ1v) is 8.98. The van der Waals surface area contributed by atoms with E-state index in [0.29, 0.717) is 5.69 Å². The number of hydrogen-bond donors (Lipinski definition) is 0. The van der Waals surface area contributed by atoms with Crippen LogP contribution in [0.3, 0.4) is 0 Å². The third kappa shape index (κ3) is 3.66. The van der Waals surface area contributed by atoms with Gasteiger partial charge in [-0.25, -0.2) is 9.97 Å². The van der Waals surface area contributed by atoms with E-state index in [2.05, 4.69) is 39.1 Å². The molecule has 0 aliphatic carbocycles. The highest BCUT2D eigenvalue weighted by molar-refractivity contribution is 5.77. The highest BCUT2D eigenvalue weighted by atomic mass is 15.1. The molecule has 0 radical (unpaired) electrons. The number of benzene rings is 3. The molecular formula is C24H15N5. The van der Waals surface area contributed by atoms with E-state index >= 15 is 0 Å². The van der Waals surface area contributed by atoms with Gasteiger partial charge in [-0.05, 0) is 36.4 Å². The van der Waals surface area contributed by atoms with E-state index in [1.165, 1.54) is 6.20 Å². The predicted molar refractivity (Wildman–Crippen MR) is 112 cm³/mol. The molecule has 4 rings (SSSR count). The predicted octanol–water partition coefficient (Wildman–Crippen LogP) is 5.36. The molecule has 0 spiro atoms. The number of nitriles is 2. The lowest BCUT2D eigenvalue weighted by molar-refractivity contribution is 1.13. The molecule has 29 heavy (non-hydrogen) atoms. The van der Waals surface area contributed by atoms with Crippen LogP contribution in [0.4, 0.5) is 17.1 Å². The molecule has 5 heteroatoms. The quantitative estimate of drug-likeness (QED) is 0.481. The Balaban J connectivity index is 1.74. The fourth-order valence-corrected chi connectivity index (χ4v) is 3.07. The van der Waals surface area contributed by atoms with Crippen molar-refractivity contribution in [3.05, 3.63) is 103 Å². The van der Waals surface area contributed by atoms with Crippen LogP contribution in [0.25, 0.3) is 11.3 Å². The molecule has 0 unspecified atom stereocenters. The lowest BCUT2D eigenvalue weighted by Crippen LogP contribution is -2.09. The van der Waals surface area contributed by atoms with Gasteiger partial charge < -0.3 is 4.90 Å². The Morgan fingerprint density at radius 2 is 1.14 bits per heavy atom. The minimum Gasteiger partial charge on any atom is -0.311 e. The fourth-order valence-electron chi connectivity index (χ4n) is 3.07. The highest BCUT2D eigenvalue weighted by Crippen LogP contribution is 2.34. The Kier molecular flexibility index (Phi) is 4.96. The summed E-state index contributed by atoms with van der Waals surface area (Å²) in [5, 5.41) is 18.2. The largest absolute Gasteiger partial charge is 0.311 e. The third-order valence-electron chi connectivity index (χ3n) is 4.43. The first-order valence-electron chi connectivity index (χ1n) is 8.98. The average Bonchev–Trinajstić information content (AvgIpc) is 2.81. The van der Waals surface area contributed by atoms with Crippen molar-refractivity contribution in [2.24, 2.45) is 0 Å². The van der Waals surface area contributed by atoms with Gasteiger partial charge in [0.15, 0.2) is 11.4 Å². The molecule has 4 aromatic rings. The third-order valence-corrected chi connectivity index (χ3v) is 4.43. The average molecular weight is 373 g/mol. The molecule has 3 aromatic carbocycles. The molecule has 0 N–H and O–H groups in total. The Morgan fingerprint density at radius 1 is 0.621 bits per heavy atom. The van der Waals surface area contributed by atoms with Crippen LogP contribution in [0.2, 0.25) is 0 Å². The number of nitrogens with zero attached hydrogens (tertiary/aromatic N) is 5. The zero-order valence-corrected chi connectivity index (χ0v) is 15.4. The van der Waals surface area contributed by atoms with Crippen LogP contribution < -0.4 is 4.90 Å². The molecule has 0 saturated heterocycles. The van der Waals surface area contributed by atoms with Crippen LogP contribution >= 0.6 is 0 Å². The summed E-state index contributed by atoms with van der Waals surface area (Å²) in [5.74, 6) is 0. The van der Waals surface area contributed by atoms with E-state index in [-0.39, 0.29) is 11.4 Å². The van der Waals surface area contributed by atoms with E-state index in [1.54, 1.807) is 0 Å². The topological polar surface area (TPSA) is 76.6 Å². The van der Waals surface area contributed by atoms with Crippen molar-refractivity contribution in [3.8, 4) is 23.4 Å². The van der Waals surface area contributed by atoms with Crippen LogP contribution in [0.5, 0.6) is 0 Å². The number of hydrogen-bond acceptors (Lipinski definition) is 5. The van der Waals surface area contributed by atoms with Crippen LogP contribution in [-0.4, -0.2) is 9.97 Å². The van der Waals surface area contributed by atoms with Crippen molar-refractivity contribution in [1.82, 2.24) is 9.97 Å². The molecule has 5 nitrogen and oxygen atoms in total. The molecule has 0 aliphatic heterocycles. The summed E-state index contributed by atoms with van der Waals surface area (Å²) in [6.45, 7) is 0. The van der Waals surface area contributed by atoms with E-state index in [0.717, 1.165) is 22.6 Å². The van der Waals surface area contributed by atoms with Crippen molar-refractivity contribution in [2.45, 2.75) is 0 Å². The number of para-hydroxylation sites is 2. The standard InChI is InChI=1S/C24H15N5/c25-15-22-23(16-26)28-24(17-27-22)18-11-13-21(14-12-18)29(19-7-3-1-4-8-19)20-9-5-2-6-10-20/h1-14,17H. The van der Waals surface area contributed by atoms with Crippen molar-refractivity contribution in [3.63, 3.8) is 0 Å². The van der Waals surface area contributed by atoms with Crippen LogP contribution in [-0.2, 0) is 0 Å². The van der Waals surface area contributed by atoms with E-state index < -0.39 is 0 Å². The second-order valence-electron chi connectivity index (χ2n) is 6.23. The molecule has 0 saturated carbocycles. The van der Waals surface area contributed by atoms with Crippen molar-refractivity contribution >= 4 is 17.1 Å². The van der Waals surface area contributed by atoms with Crippen LogP contribution in [0.1, 0.15) is 11.4 Å². The van der Waals surface area contributed by atoms with E-state index in [4.69, 9.17) is 5.26 Å². The maximum atomic E-state index is 9.18. The zero-order valence-electron chi connectivity index (χ0n) is 15.4. The summed E-state index contributed by atoms with van der Waals surface area (Å²) >= 11 is 0. The van der Waals surface area contributed by atoms with Crippen LogP contribution in [0.15, 0.2) is 91.1 Å². The smallest absolute Gasteiger partial charge is 0.177 e. The number of anilines is 3. The Labute approximate surface area is 168 Å². The lowest BCUT2D eigenvalue weighted by Gasteiger charge is -2.25. The van der Waals surface area contributed by atoms with Gasteiger partial charge in [0, 0.05) is 22.6 Å². The maximum Gasteiger partial charge on any atom is 0.177 e. The molecular weight excluding hydrogens is 358 g/mol. The van der Waals surface area contributed by atoms with Gasteiger partial charge in [0.2, 0.25) is 0 Å². The van der Waals surface area contributed by atoms with Crippen molar-refractivity contribution in [2.75, 3.05) is 4.90 Å². The second-order valence-corrected chi connectivity index (χ2v) is 6.23. The molecule has 0 bridgehead atoms. The summed E-state index contributed by atoms with van der Waals surface area (Å²) in [5.41, 5.74) is 4.54. The maximum absolute atomic E-state index is 9.18. The van der Waals surface area contributed by atoms with Crippen molar-refractivity contribution < 1.29 is 0 Å². The first kappa shape index (κ1) is 17.9. The number of aromatic nitrogens is 2. The summed E-state index contributed by atoms with van der Waals surface area (Å²) in [7, 11) is 0. The van der Waals surface area contributed by atoms with Gasteiger partial charge >= 0.3 is 0 Å². The van der Waals surface area contributed by atoms with Gasteiger partial charge in [-0.3, -0.25) is 0 Å². The van der Waals surface area contributed by atoms with Crippen molar-refractivity contribution in [1.29, 1.82) is 10.5 Å². The van der Waals surface area contributed by atoms with Gasteiger partial charge in [0.05, 0.1) is 11.9 Å². The molecule has 1 aromatic heterocycles. The summed E-state index contributed by atoms with van der Waals surface area (Å²) < 4.78 is 0. The summed E-state index contributed by atoms with van der Waals surface area (Å²) in [4.78, 5) is 10.5. The Morgan fingerprint density at radius 3 is 1.66 bits per heavy atom. The molecule has 0 atom stereocenters. The number of rotatable bonds is 4. The van der Waals surface area contributed by atoms with Crippen LogP contribution in [0, 0.1) is 22.7 Å². The zero-order chi connectivity index (χ0) is 20.1. The van der Waals surface area contributed by atoms with Gasteiger partial charge in [0.1, 0.15) is 12.1 Å². The monoisotopic (exact) mass is 373 g/mol. The van der Waals surface area contributed by atoms with Gasteiger partial charge in [-0.2, -0.15) is 10.5 Å². The van der Waals surface area contributed by atoms with Gasteiger partial charge in [0.25, 0.3) is 0 Å². The fraction of sp³-hybridized carbons (Fsp3) is 0. The minimum absolute atomic E-state index is 0.0317. The second kappa shape index (κ2) is 8.04. The summed E-state index contributed by atoms with van der Waals surface area (Å²) in [6, 6.07) is 32.0. The molecule has 136 valence electrons. The first-order chi connectivity index (χ1) is 14.3. The molecule has 0 amide bonds. The molecule has 0 aliphatic rings. The minimum atomic E-state index is 0.0317. The highest BCUT2D eigenvalue weighted by Gasteiger charge is 2.13. The van der Waals surface area contributed by atoms with Gasteiger partial charge in [-0.1, -0.05) is 48.5 Å². The van der Waals surface area contributed by atoms with E-state index in [9.17, 15) is 5.26 Å². The molecule has 0 fully saturated rings. The lowest BCUT2D eigenvalue weighted by atomic mass is 10.1. The Hall–Kier alpha value is -4.48. The SMILES string of the molecule is N#Cc1ncc(-c2ccc(N(c3ccccc3)c3ccccc3)cc2)nc1C#N. The van der Waals surface area contributed by atoms with Gasteiger partial charge in [-0.15, -0.1) is 0 Å². The summed E-state index contributed by atoms with van der Waals surface area (Å²) in [6.07, 6.45) is 1.51. The molecule has 1 heterocycles. The normalized spacial score (nSPS) is 10.0. The van der Waals surface area contributed by atoms with E-state index in [1.807, 2.05) is 72.8 Å².